The molecule has 0 amide bonds. The topological polar surface area (TPSA) is 49.8 Å². The zero-order valence-corrected chi connectivity index (χ0v) is 25.0. The van der Waals surface area contributed by atoms with Gasteiger partial charge in [-0.1, -0.05) is 20.3 Å². The van der Waals surface area contributed by atoms with Gasteiger partial charge in [-0.05, 0) is 119 Å². The number of nitrogens with zero attached hydrogens (tertiary/aromatic N) is 2. The van der Waals surface area contributed by atoms with Crippen LogP contribution in [0.2, 0.25) is 0 Å². The van der Waals surface area contributed by atoms with Gasteiger partial charge in [0.1, 0.15) is 18.2 Å². The largest absolute Gasteiger partial charge is 0.461 e. The number of esters is 1. The minimum atomic E-state index is -0.150. The number of fused-ring (bicyclic) bond motifs is 5. The van der Waals surface area contributed by atoms with Gasteiger partial charge in [-0.3, -0.25) is 9.69 Å². The second kappa shape index (κ2) is 10.3. The molecule has 0 radical (unpaired) electrons. The van der Waals surface area contributed by atoms with Crippen LogP contribution in [0.3, 0.4) is 0 Å². The molecule has 2 heterocycles. The molecule has 0 aromatic rings. The molecule has 6 rings (SSSR count). The summed E-state index contributed by atoms with van der Waals surface area (Å²) in [6.45, 7) is 11.6. The number of ether oxygens (including phenoxy) is 1. The Bertz CT molecular complexity index is 864. The maximum Gasteiger partial charge on any atom is 0.302 e. The van der Waals surface area contributed by atoms with E-state index in [4.69, 9.17) is 4.74 Å². The molecule has 6 aliphatic rings. The number of likely N-dealkylation sites (N-methyl/N-ethyl adjacent to an activating group) is 1. The van der Waals surface area contributed by atoms with Crippen LogP contribution in [0, 0.1) is 34.5 Å². The molecular formula is C33H57N2O3+. The van der Waals surface area contributed by atoms with Crippen molar-refractivity contribution in [1.82, 2.24) is 4.90 Å². The van der Waals surface area contributed by atoms with Gasteiger partial charge in [0.15, 0.2) is 0 Å². The second-order valence-electron chi connectivity index (χ2n) is 15.5. The monoisotopic (exact) mass is 529 g/mol. The Morgan fingerprint density at radius 1 is 0.895 bits per heavy atom. The number of piperidine rings is 1. The summed E-state index contributed by atoms with van der Waals surface area (Å²) in [5, 5.41) is 12.0. The van der Waals surface area contributed by atoms with E-state index in [2.05, 4.69) is 25.8 Å². The highest BCUT2D eigenvalue weighted by Gasteiger charge is 2.66. The van der Waals surface area contributed by atoms with E-state index in [1.165, 1.54) is 110 Å². The van der Waals surface area contributed by atoms with Crippen molar-refractivity contribution in [3.63, 3.8) is 0 Å². The molecule has 0 bridgehead atoms. The average molecular weight is 530 g/mol. The van der Waals surface area contributed by atoms with Crippen LogP contribution in [0.5, 0.6) is 0 Å². The summed E-state index contributed by atoms with van der Waals surface area (Å²) in [7, 11) is 2.48. The van der Waals surface area contributed by atoms with Gasteiger partial charge < -0.3 is 14.3 Å². The molecule has 5 heteroatoms. The Balaban J connectivity index is 1.26. The van der Waals surface area contributed by atoms with Crippen LogP contribution in [-0.2, 0) is 9.53 Å². The third-order valence-corrected chi connectivity index (χ3v) is 13.7. The summed E-state index contributed by atoms with van der Waals surface area (Å²) in [4.78, 5) is 14.8. The maximum atomic E-state index is 12.1. The first-order valence-electron chi connectivity index (χ1n) is 16.6. The fourth-order valence-electron chi connectivity index (χ4n) is 11.5. The Morgan fingerprint density at radius 2 is 1.58 bits per heavy atom. The molecule has 0 aromatic heterocycles. The Morgan fingerprint density at radius 3 is 2.26 bits per heavy atom. The van der Waals surface area contributed by atoms with Gasteiger partial charge in [0.2, 0.25) is 0 Å². The number of hydrogen-bond acceptors (Lipinski definition) is 4. The van der Waals surface area contributed by atoms with E-state index < -0.39 is 0 Å². The smallest absolute Gasteiger partial charge is 0.302 e. The minimum Gasteiger partial charge on any atom is -0.461 e. The molecule has 6 fully saturated rings. The lowest BCUT2D eigenvalue weighted by atomic mass is 9.44. The first kappa shape index (κ1) is 27.5. The van der Waals surface area contributed by atoms with Crippen molar-refractivity contribution in [3.05, 3.63) is 0 Å². The van der Waals surface area contributed by atoms with E-state index in [-0.39, 0.29) is 23.6 Å². The lowest BCUT2D eigenvalue weighted by molar-refractivity contribution is -0.935. The maximum absolute atomic E-state index is 12.1. The number of carbonyl (C=O) groups excluding carboxylic acids is 1. The highest BCUT2D eigenvalue weighted by molar-refractivity contribution is 5.66. The summed E-state index contributed by atoms with van der Waals surface area (Å²) in [5.41, 5.74) is 0.414. The lowest BCUT2D eigenvalue weighted by Gasteiger charge is -2.62. The summed E-state index contributed by atoms with van der Waals surface area (Å²) >= 11 is 0. The van der Waals surface area contributed by atoms with Crippen molar-refractivity contribution in [2.75, 3.05) is 33.2 Å². The molecule has 2 aliphatic heterocycles. The highest BCUT2D eigenvalue weighted by atomic mass is 16.5. The normalized spacial score (nSPS) is 49.3. The predicted octanol–water partition coefficient (Wildman–Crippen LogP) is 5.79. The van der Waals surface area contributed by atoms with E-state index in [0.29, 0.717) is 29.3 Å². The number of rotatable bonds is 3. The molecule has 5 nitrogen and oxygen atoms in total. The molecule has 216 valence electrons. The van der Waals surface area contributed by atoms with E-state index in [0.717, 1.165) is 22.7 Å². The van der Waals surface area contributed by atoms with Crippen LogP contribution in [-0.4, -0.2) is 78.0 Å². The standard InChI is InChI=1S/C33H57N2O3/c1-23(36)38-30-20-24-12-13-25-26(33(24,3)22-28(30)34-16-8-7-9-17-34)14-15-32(2)27(25)21-29(31(32)37)35(4)18-10-5-6-11-19-35/h24-31,37H,5-22H2,1-4H3/q+1/t24?,25-,26-,27+,28?,29?,30?,31?,32+,33+/m1/s1. The summed E-state index contributed by atoms with van der Waals surface area (Å²) in [6, 6.07) is 0.809. The van der Waals surface area contributed by atoms with Crippen LogP contribution < -0.4 is 0 Å². The van der Waals surface area contributed by atoms with Crippen LogP contribution in [0.15, 0.2) is 0 Å². The van der Waals surface area contributed by atoms with Crippen molar-refractivity contribution >= 4 is 5.97 Å². The summed E-state index contributed by atoms with van der Waals surface area (Å²) < 4.78 is 7.19. The van der Waals surface area contributed by atoms with Crippen molar-refractivity contribution < 1.29 is 19.1 Å². The molecule has 0 spiro atoms. The molecule has 38 heavy (non-hydrogen) atoms. The number of likely N-dealkylation sites (tertiary alicyclic amines) is 2. The fourth-order valence-corrected chi connectivity index (χ4v) is 11.5. The molecule has 4 saturated carbocycles. The molecule has 10 atom stereocenters. The van der Waals surface area contributed by atoms with Crippen LogP contribution >= 0.6 is 0 Å². The third kappa shape index (κ3) is 4.49. The summed E-state index contributed by atoms with van der Waals surface area (Å²) in [6.07, 6.45) is 17.8. The number of aliphatic hydroxyl groups excluding tert-OH is 1. The van der Waals surface area contributed by atoms with E-state index in [1.54, 1.807) is 6.92 Å². The molecule has 0 aromatic carbocycles. The first-order chi connectivity index (χ1) is 18.2. The van der Waals surface area contributed by atoms with Crippen LogP contribution in [0.25, 0.3) is 0 Å². The molecule has 5 unspecified atom stereocenters. The lowest BCUT2D eigenvalue weighted by Crippen LogP contribution is -2.61. The van der Waals surface area contributed by atoms with Crippen LogP contribution in [0.1, 0.15) is 111 Å². The van der Waals surface area contributed by atoms with Gasteiger partial charge in [0, 0.05) is 24.8 Å². The molecular weight excluding hydrogens is 472 g/mol. The number of quaternary nitrogens is 1. The average Bonchev–Trinajstić information content (AvgIpc) is 3.02. The van der Waals surface area contributed by atoms with Crippen molar-refractivity contribution in [2.24, 2.45) is 34.5 Å². The Kier molecular flexibility index (Phi) is 7.47. The Labute approximate surface area is 232 Å². The van der Waals surface area contributed by atoms with Crippen molar-refractivity contribution in [2.45, 2.75) is 135 Å². The quantitative estimate of drug-likeness (QED) is 0.372. The number of aliphatic hydroxyl groups is 1. The van der Waals surface area contributed by atoms with Crippen molar-refractivity contribution in [3.8, 4) is 0 Å². The number of carbonyl (C=O) groups is 1. The zero-order valence-electron chi connectivity index (χ0n) is 25.0. The van der Waals surface area contributed by atoms with Gasteiger partial charge in [-0.15, -0.1) is 0 Å². The molecule has 1 N–H and O–H groups in total. The molecule has 2 saturated heterocycles. The van der Waals surface area contributed by atoms with Crippen LogP contribution in [0.4, 0.5) is 0 Å². The van der Waals surface area contributed by atoms with Gasteiger partial charge in [0.05, 0.1) is 20.1 Å². The minimum absolute atomic E-state index is 0.0688. The second-order valence-corrected chi connectivity index (χ2v) is 15.5. The Hall–Kier alpha value is -0.650. The first-order valence-corrected chi connectivity index (χ1v) is 16.6. The van der Waals surface area contributed by atoms with E-state index in [1.807, 2.05) is 0 Å². The predicted molar refractivity (Wildman–Crippen MR) is 151 cm³/mol. The van der Waals surface area contributed by atoms with E-state index in [9.17, 15) is 9.90 Å². The molecule has 4 aliphatic carbocycles. The van der Waals surface area contributed by atoms with Crippen molar-refractivity contribution in [1.29, 1.82) is 0 Å². The summed E-state index contributed by atoms with van der Waals surface area (Å²) in [5.74, 6) is 2.73. The highest BCUT2D eigenvalue weighted by Crippen LogP contribution is 2.67. The fraction of sp³-hybridized carbons (Fsp3) is 0.970. The number of hydrogen-bond donors (Lipinski definition) is 1. The van der Waals surface area contributed by atoms with Gasteiger partial charge in [-0.2, -0.15) is 0 Å². The van der Waals surface area contributed by atoms with Gasteiger partial charge in [-0.25, -0.2) is 0 Å². The van der Waals surface area contributed by atoms with Gasteiger partial charge >= 0.3 is 5.97 Å². The SMILES string of the molecule is CC(=O)OC1CC2CC[C@@H]3[C@@H](CC[C@]4(C)C(O)C([N+]5(C)CCCCCC5)C[C@@H]34)[C@@]2(C)CC1N1CCCCC1. The van der Waals surface area contributed by atoms with Gasteiger partial charge in [0.25, 0.3) is 0 Å². The third-order valence-electron chi connectivity index (χ3n) is 13.7. The van der Waals surface area contributed by atoms with E-state index >= 15 is 0 Å². The zero-order chi connectivity index (χ0) is 26.7.